The number of ether oxygens (including phenoxy) is 1. The zero-order chi connectivity index (χ0) is 20.2. The minimum atomic E-state index is -0.383. The summed E-state index contributed by atoms with van der Waals surface area (Å²) in [5.41, 5.74) is 1.27. The molecule has 2 aromatic carbocycles. The predicted octanol–water partition coefficient (Wildman–Crippen LogP) is 1.95. The van der Waals surface area contributed by atoms with Gasteiger partial charge in [0.15, 0.2) is 11.2 Å². The van der Waals surface area contributed by atoms with Crippen molar-refractivity contribution in [3.05, 3.63) is 76.1 Å². The maximum absolute atomic E-state index is 12.8. The summed E-state index contributed by atoms with van der Waals surface area (Å²) in [5.74, 6) is 0.471. The van der Waals surface area contributed by atoms with Crippen LogP contribution in [0.4, 0.5) is 0 Å². The van der Waals surface area contributed by atoms with Crippen LogP contribution in [-0.4, -0.2) is 32.7 Å². The molecule has 6 heteroatoms. The first-order chi connectivity index (χ1) is 14.2. The fourth-order valence-corrected chi connectivity index (χ4v) is 4.10. The van der Waals surface area contributed by atoms with Gasteiger partial charge in [0.25, 0.3) is 5.91 Å². The third kappa shape index (κ3) is 4.03. The Morgan fingerprint density at radius 2 is 1.86 bits per heavy atom. The highest BCUT2D eigenvalue weighted by molar-refractivity contribution is 5.93. The van der Waals surface area contributed by atoms with Crippen LogP contribution in [0.3, 0.4) is 0 Å². The highest BCUT2D eigenvalue weighted by Gasteiger charge is 2.30. The van der Waals surface area contributed by atoms with Crippen molar-refractivity contribution in [1.29, 1.82) is 0 Å². The van der Waals surface area contributed by atoms with Crippen LogP contribution in [0.1, 0.15) is 35.0 Å². The lowest BCUT2D eigenvalue weighted by Crippen LogP contribution is -3.11. The van der Waals surface area contributed by atoms with E-state index in [0.717, 1.165) is 24.4 Å². The van der Waals surface area contributed by atoms with E-state index >= 15 is 0 Å². The number of para-hydroxylation sites is 2. The van der Waals surface area contributed by atoms with Crippen molar-refractivity contribution >= 4 is 16.9 Å². The maximum atomic E-state index is 12.8. The van der Waals surface area contributed by atoms with Crippen LogP contribution >= 0.6 is 0 Å². The number of amides is 1. The van der Waals surface area contributed by atoms with Crippen LogP contribution < -0.4 is 20.4 Å². The van der Waals surface area contributed by atoms with Crippen LogP contribution in [0.5, 0.6) is 5.75 Å². The first kappa shape index (κ1) is 19.2. The number of nitrogens with one attached hydrogen (secondary N) is 2. The molecule has 1 amide bonds. The second-order valence-corrected chi connectivity index (χ2v) is 7.34. The van der Waals surface area contributed by atoms with Gasteiger partial charge in [0.2, 0.25) is 0 Å². The molecule has 0 unspecified atom stereocenters. The van der Waals surface area contributed by atoms with Crippen molar-refractivity contribution < 1.29 is 18.8 Å². The van der Waals surface area contributed by atoms with Gasteiger partial charge >= 0.3 is 0 Å². The summed E-state index contributed by atoms with van der Waals surface area (Å²) in [6.45, 7) is 2.55. The summed E-state index contributed by atoms with van der Waals surface area (Å²) >= 11 is 0. The smallest absolute Gasteiger partial charge is 0.287 e. The van der Waals surface area contributed by atoms with E-state index in [1.165, 1.54) is 23.8 Å². The molecule has 0 bridgehead atoms. The molecular weight excluding hydrogens is 368 g/mol. The number of rotatable bonds is 6. The Balaban J connectivity index is 1.57. The molecule has 1 atom stereocenters. The molecule has 1 aliphatic rings. The Kier molecular flexibility index (Phi) is 5.62. The fourth-order valence-electron chi connectivity index (χ4n) is 4.10. The Morgan fingerprint density at radius 3 is 2.66 bits per heavy atom. The second kappa shape index (κ2) is 8.49. The van der Waals surface area contributed by atoms with Crippen LogP contribution in [0.15, 0.2) is 63.8 Å². The molecule has 2 N–H and O–H groups in total. The number of carbonyl (C=O) groups excluding carboxylic acids is 1. The Labute approximate surface area is 169 Å². The van der Waals surface area contributed by atoms with Crippen molar-refractivity contribution in [2.75, 3.05) is 26.7 Å². The molecule has 1 saturated heterocycles. The minimum Gasteiger partial charge on any atom is -0.496 e. The number of hydrogen-bond acceptors (Lipinski definition) is 4. The van der Waals surface area contributed by atoms with Crippen molar-refractivity contribution in [2.45, 2.75) is 18.9 Å². The third-order valence-electron chi connectivity index (χ3n) is 5.58. The summed E-state index contributed by atoms with van der Waals surface area (Å²) in [4.78, 5) is 26.5. The van der Waals surface area contributed by atoms with E-state index in [1.54, 1.807) is 31.4 Å². The molecule has 6 nitrogen and oxygen atoms in total. The predicted molar refractivity (Wildman–Crippen MR) is 110 cm³/mol. The van der Waals surface area contributed by atoms with Gasteiger partial charge < -0.3 is 19.4 Å². The van der Waals surface area contributed by atoms with Crippen molar-refractivity contribution in [1.82, 2.24) is 5.32 Å². The number of hydrogen-bond donors (Lipinski definition) is 2. The molecule has 0 spiro atoms. The topological polar surface area (TPSA) is 73.0 Å². The van der Waals surface area contributed by atoms with E-state index in [0.29, 0.717) is 17.5 Å². The summed E-state index contributed by atoms with van der Waals surface area (Å²) in [5, 5.41) is 3.44. The van der Waals surface area contributed by atoms with Gasteiger partial charge in [0, 0.05) is 18.9 Å². The molecule has 2 heterocycles. The zero-order valence-corrected chi connectivity index (χ0v) is 16.4. The number of quaternary nitrogens is 1. The van der Waals surface area contributed by atoms with Crippen LogP contribution in [-0.2, 0) is 0 Å². The van der Waals surface area contributed by atoms with Gasteiger partial charge in [-0.2, -0.15) is 0 Å². The molecule has 1 aromatic heterocycles. The van der Waals surface area contributed by atoms with Crippen molar-refractivity contribution in [2.24, 2.45) is 0 Å². The number of fused-ring (bicyclic) bond motifs is 1. The van der Waals surface area contributed by atoms with E-state index in [-0.39, 0.29) is 23.1 Å². The minimum absolute atomic E-state index is 0.0314. The Bertz CT molecular complexity index is 1070. The molecular formula is C23H25N2O4+. The highest BCUT2D eigenvalue weighted by atomic mass is 16.5. The van der Waals surface area contributed by atoms with E-state index in [2.05, 4.69) is 11.4 Å². The zero-order valence-electron chi connectivity index (χ0n) is 16.4. The first-order valence-electron chi connectivity index (χ1n) is 9.96. The summed E-state index contributed by atoms with van der Waals surface area (Å²) in [6.07, 6.45) is 2.35. The second-order valence-electron chi connectivity index (χ2n) is 7.34. The van der Waals surface area contributed by atoms with Gasteiger partial charge in [-0.1, -0.05) is 24.3 Å². The van der Waals surface area contributed by atoms with Gasteiger partial charge in [-0.25, -0.2) is 0 Å². The number of likely N-dealkylation sites (tertiary alicyclic amines) is 1. The monoisotopic (exact) mass is 393 g/mol. The van der Waals surface area contributed by atoms with E-state index in [9.17, 15) is 9.59 Å². The van der Waals surface area contributed by atoms with Gasteiger partial charge in [-0.3, -0.25) is 9.59 Å². The largest absolute Gasteiger partial charge is 0.496 e. The van der Waals surface area contributed by atoms with E-state index in [1.807, 2.05) is 18.2 Å². The molecule has 3 aromatic rings. The normalized spacial score (nSPS) is 15.3. The summed E-state index contributed by atoms with van der Waals surface area (Å²) in [6, 6.07) is 16.2. The van der Waals surface area contributed by atoms with Crippen LogP contribution in [0.25, 0.3) is 11.0 Å². The molecule has 1 aliphatic heterocycles. The SMILES string of the molecule is COc1ccccc1[C@H](CNC(=O)c1cc(=O)c2ccccc2o1)[NH+]1CCCC1. The fraction of sp³-hybridized carbons (Fsp3) is 0.304. The van der Waals surface area contributed by atoms with E-state index < -0.39 is 0 Å². The lowest BCUT2D eigenvalue weighted by Gasteiger charge is -2.26. The average molecular weight is 393 g/mol. The van der Waals surface area contributed by atoms with Gasteiger partial charge in [0.05, 0.1) is 37.7 Å². The van der Waals surface area contributed by atoms with Crippen molar-refractivity contribution in [3.8, 4) is 5.75 Å². The molecule has 1 fully saturated rings. The Morgan fingerprint density at radius 1 is 1.14 bits per heavy atom. The molecule has 0 saturated carbocycles. The number of carbonyl (C=O) groups is 1. The van der Waals surface area contributed by atoms with Gasteiger partial charge in [-0.15, -0.1) is 0 Å². The lowest BCUT2D eigenvalue weighted by atomic mass is 10.0. The summed E-state index contributed by atoms with van der Waals surface area (Å²) < 4.78 is 11.2. The number of methoxy groups -OCH3 is 1. The lowest BCUT2D eigenvalue weighted by molar-refractivity contribution is -0.918. The molecule has 4 rings (SSSR count). The highest BCUT2D eigenvalue weighted by Crippen LogP contribution is 2.23. The van der Waals surface area contributed by atoms with Crippen molar-refractivity contribution in [3.63, 3.8) is 0 Å². The maximum Gasteiger partial charge on any atom is 0.287 e. The Hall–Kier alpha value is -3.12. The quantitative estimate of drug-likeness (QED) is 0.672. The van der Waals surface area contributed by atoms with E-state index in [4.69, 9.17) is 9.15 Å². The van der Waals surface area contributed by atoms with Crippen LogP contribution in [0, 0.1) is 0 Å². The van der Waals surface area contributed by atoms with Crippen LogP contribution in [0.2, 0.25) is 0 Å². The third-order valence-corrected chi connectivity index (χ3v) is 5.58. The van der Waals surface area contributed by atoms with Gasteiger partial charge in [-0.05, 0) is 24.3 Å². The number of benzene rings is 2. The van der Waals surface area contributed by atoms with Gasteiger partial charge in [0.1, 0.15) is 17.4 Å². The molecule has 0 aliphatic carbocycles. The molecule has 29 heavy (non-hydrogen) atoms. The molecule has 150 valence electrons. The average Bonchev–Trinajstić information content (AvgIpc) is 3.28. The first-order valence-corrected chi connectivity index (χ1v) is 9.96. The molecule has 0 radical (unpaired) electrons. The standard InChI is InChI=1S/C23H24N2O4/c1-28-20-10-4-2-8-16(20)18(25-12-6-7-13-25)15-24-23(27)22-14-19(26)17-9-3-5-11-21(17)29-22/h2-5,8-11,14,18H,6-7,12-13,15H2,1H3,(H,24,27)/p+1/t18-/m0/s1. The summed E-state index contributed by atoms with van der Waals surface area (Å²) in [7, 11) is 1.66.